The maximum absolute atomic E-state index is 9.93. The van der Waals surface area contributed by atoms with Crippen LogP contribution in [0.2, 0.25) is 0 Å². The fraction of sp³-hybridized carbons (Fsp3) is 0.857. The first-order valence-electron chi connectivity index (χ1n) is 3.54. The lowest BCUT2D eigenvalue weighted by atomic mass is 10.1. The Kier molecular flexibility index (Phi) is 11.1. The van der Waals surface area contributed by atoms with Crippen molar-refractivity contribution in [2.45, 2.75) is 20.3 Å². The molecular weight excluding hydrogens is 148 g/mol. The van der Waals surface area contributed by atoms with Crippen molar-refractivity contribution < 1.29 is 20.1 Å². The van der Waals surface area contributed by atoms with E-state index in [1.165, 1.54) is 0 Å². The molecule has 0 aliphatic rings. The van der Waals surface area contributed by atoms with E-state index in [4.69, 9.17) is 15.3 Å². The summed E-state index contributed by atoms with van der Waals surface area (Å²) in [4.78, 5) is 9.93. The Hall–Kier alpha value is -0.610. The molecule has 0 bridgehead atoms. The third-order valence-corrected chi connectivity index (χ3v) is 1.13. The van der Waals surface area contributed by atoms with Crippen LogP contribution in [0, 0.1) is 5.92 Å². The standard InChI is InChI=1S/C5H10O2.C2H6O2/c1-3-4(2)5(6)7;3-1-2-4/h4H,3H2,1-2H3,(H,6,7);3-4H,1-2H2. The molecule has 3 N–H and O–H groups in total. The Bertz CT molecular complexity index is 90.4. The molecule has 0 rings (SSSR count). The predicted molar refractivity (Wildman–Crippen MR) is 41.3 cm³/mol. The average molecular weight is 164 g/mol. The fourth-order valence-electron chi connectivity index (χ4n) is 0.175. The summed E-state index contributed by atoms with van der Waals surface area (Å²) in [6.45, 7) is 3.31. The number of carbonyl (C=O) groups is 1. The zero-order valence-corrected chi connectivity index (χ0v) is 6.95. The molecule has 1 atom stereocenters. The van der Waals surface area contributed by atoms with E-state index in [-0.39, 0.29) is 19.1 Å². The summed E-state index contributed by atoms with van der Waals surface area (Å²) in [7, 11) is 0. The molecule has 0 aliphatic carbocycles. The second-order valence-corrected chi connectivity index (χ2v) is 2.09. The van der Waals surface area contributed by atoms with Gasteiger partial charge in [0, 0.05) is 0 Å². The van der Waals surface area contributed by atoms with Crippen LogP contribution in [0.15, 0.2) is 0 Å². The minimum atomic E-state index is -0.706. The van der Waals surface area contributed by atoms with Gasteiger partial charge in [0.25, 0.3) is 0 Å². The third-order valence-electron chi connectivity index (χ3n) is 1.13. The zero-order chi connectivity index (χ0) is 9.28. The molecule has 0 spiro atoms. The average Bonchev–Trinajstić information content (AvgIpc) is 2.03. The summed E-state index contributed by atoms with van der Waals surface area (Å²) in [5, 5.41) is 23.4. The number of carboxylic acids is 1. The van der Waals surface area contributed by atoms with Crippen molar-refractivity contribution in [2.75, 3.05) is 13.2 Å². The van der Waals surface area contributed by atoms with Crippen LogP contribution in [0.1, 0.15) is 20.3 Å². The Morgan fingerprint density at radius 3 is 1.73 bits per heavy atom. The highest BCUT2D eigenvalue weighted by atomic mass is 16.4. The van der Waals surface area contributed by atoms with E-state index in [0.29, 0.717) is 0 Å². The van der Waals surface area contributed by atoms with Crippen LogP contribution in [-0.4, -0.2) is 34.5 Å². The number of carboxylic acid groups (broad SMARTS) is 1. The van der Waals surface area contributed by atoms with E-state index in [1.54, 1.807) is 6.92 Å². The Balaban J connectivity index is 0. The molecule has 0 heterocycles. The summed E-state index contributed by atoms with van der Waals surface area (Å²) in [5.41, 5.74) is 0. The quantitative estimate of drug-likeness (QED) is 0.552. The van der Waals surface area contributed by atoms with Crippen molar-refractivity contribution in [1.29, 1.82) is 0 Å². The van der Waals surface area contributed by atoms with Gasteiger partial charge in [-0.05, 0) is 6.42 Å². The maximum Gasteiger partial charge on any atom is 0.306 e. The van der Waals surface area contributed by atoms with Gasteiger partial charge in [-0.25, -0.2) is 0 Å². The van der Waals surface area contributed by atoms with Gasteiger partial charge in [0.1, 0.15) is 0 Å². The van der Waals surface area contributed by atoms with Crippen LogP contribution in [0.25, 0.3) is 0 Å². The lowest BCUT2D eigenvalue weighted by Gasteiger charge is -1.96. The van der Waals surface area contributed by atoms with Gasteiger partial charge in [0.2, 0.25) is 0 Å². The summed E-state index contributed by atoms with van der Waals surface area (Å²) < 4.78 is 0. The van der Waals surface area contributed by atoms with Gasteiger partial charge in [-0.3, -0.25) is 4.79 Å². The number of aliphatic hydroxyl groups is 2. The minimum Gasteiger partial charge on any atom is -0.481 e. The summed E-state index contributed by atoms with van der Waals surface area (Å²) >= 11 is 0. The summed E-state index contributed by atoms with van der Waals surface area (Å²) in [6, 6.07) is 0. The Morgan fingerprint density at radius 1 is 1.36 bits per heavy atom. The molecule has 0 amide bonds. The van der Waals surface area contributed by atoms with E-state index in [1.807, 2.05) is 6.92 Å². The fourth-order valence-corrected chi connectivity index (χ4v) is 0.175. The topological polar surface area (TPSA) is 77.8 Å². The monoisotopic (exact) mass is 164 g/mol. The molecule has 0 aromatic rings. The number of hydrogen-bond donors (Lipinski definition) is 3. The van der Waals surface area contributed by atoms with Gasteiger partial charge >= 0.3 is 5.97 Å². The summed E-state index contributed by atoms with van der Waals surface area (Å²) in [6.07, 6.45) is 0.718. The van der Waals surface area contributed by atoms with Crippen molar-refractivity contribution in [2.24, 2.45) is 5.92 Å². The van der Waals surface area contributed by atoms with Crippen molar-refractivity contribution in [3.63, 3.8) is 0 Å². The number of rotatable bonds is 3. The predicted octanol–water partition coefficient (Wildman–Crippen LogP) is 0.0881. The highest BCUT2D eigenvalue weighted by Crippen LogP contribution is 1.97. The molecule has 0 saturated carbocycles. The van der Waals surface area contributed by atoms with E-state index in [9.17, 15) is 4.79 Å². The van der Waals surface area contributed by atoms with E-state index >= 15 is 0 Å². The molecule has 0 aliphatic heterocycles. The minimum absolute atomic E-state index is 0.125. The Morgan fingerprint density at radius 2 is 1.73 bits per heavy atom. The molecule has 68 valence electrons. The lowest BCUT2D eigenvalue weighted by Crippen LogP contribution is -2.06. The molecule has 0 radical (unpaired) electrons. The van der Waals surface area contributed by atoms with Crippen molar-refractivity contribution in [3.05, 3.63) is 0 Å². The number of aliphatic hydroxyl groups excluding tert-OH is 2. The van der Waals surface area contributed by atoms with E-state index in [2.05, 4.69) is 0 Å². The normalized spacial score (nSPS) is 11.3. The second kappa shape index (κ2) is 9.39. The highest BCUT2D eigenvalue weighted by Gasteiger charge is 2.05. The Labute approximate surface area is 66.5 Å². The molecule has 4 nitrogen and oxygen atoms in total. The zero-order valence-electron chi connectivity index (χ0n) is 6.95. The first kappa shape index (κ1) is 13.0. The molecular formula is C7H16O4. The van der Waals surface area contributed by atoms with Gasteiger partial charge in [-0.15, -0.1) is 0 Å². The van der Waals surface area contributed by atoms with Crippen LogP contribution in [0.4, 0.5) is 0 Å². The maximum atomic E-state index is 9.93. The smallest absolute Gasteiger partial charge is 0.306 e. The van der Waals surface area contributed by atoms with Crippen molar-refractivity contribution in [1.82, 2.24) is 0 Å². The van der Waals surface area contributed by atoms with Gasteiger partial charge < -0.3 is 15.3 Å². The van der Waals surface area contributed by atoms with Crippen LogP contribution >= 0.6 is 0 Å². The van der Waals surface area contributed by atoms with Crippen LogP contribution in [0.5, 0.6) is 0 Å². The van der Waals surface area contributed by atoms with Crippen LogP contribution in [0.3, 0.4) is 0 Å². The van der Waals surface area contributed by atoms with Crippen molar-refractivity contribution in [3.8, 4) is 0 Å². The third kappa shape index (κ3) is 12.6. The molecule has 4 heteroatoms. The molecule has 0 fully saturated rings. The highest BCUT2D eigenvalue weighted by molar-refractivity contribution is 5.69. The largest absolute Gasteiger partial charge is 0.481 e. The van der Waals surface area contributed by atoms with Crippen molar-refractivity contribution >= 4 is 5.97 Å². The number of aliphatic carboxylic acids is 1. The first-order chi connectivity index (χ1) is 5.09. The SMILES string of the molecule is CCC(C)C(=O)O.OCCO. The van der Waals surface area contributed by atoms with Gasteiger partial charge in [0.05, 0.1) is 19.1 Å². The molecule has 0 aromatic heterocycles. The van der Waals surface area contributed by atoms with Gasteiger partial charge in [0.15, 0.2) is 0 Å². The van der Waals surface area contributed by atoms with Gasteiger partial charge in [-0.1, -0.05) is 13.8 Å². The molecule has 1 unspecified atom stereocenters. The second-order valence-electron chi connectivity index (χ2n) is 2.09. The molecule has 0 aromatic carbocycles. The lowest BCUT2D eigenvalue weighted by molar-refractivity contribution is -0.141. The van der Waals surface area contributed by atoms with Crippen LogP contribution < -0.4 is 0 Å². The molecule has 0 saturated heterocycles. The van der Waals surface area contributed by atoms with E-state index < -0.39 is 5.97 Å². The molecule has 11 heavy (non-hydrogen) atoms. The van der Waals surface area contributed by atoms with Gasteiger partial charge in [-0.2, -0.15) is 0 Å². The van der Waals surface area contributed by atoms with E-state index in [0.717, 1.165) is 6.42 Å². The first-order valence-corrected chi connectivity index (χ1v) is 3.54. The summed E-state index contributed by atoms with van der Waals surface area (Å²) in [5.74, 6) is -0.887. The number of hydrogen-bond acceptors (Lipinski definition) is 3. The van der Waals surface area contributed by atoms with Crippen LogP contribution in [-0.2, 0) is 4.79 Å².